The molecule has 0 amide bonds. The van der Waals surface area contributed by atoms with Gasteiger partial charge < -0.3 is 4.89 Å². The normalized spacial score (nSPS) is 22.1. The van der Waals surface area contributed by atoms with E-state index in [1.54, 1.807) is 0 Å². The molecule has 0 radical (unpaired) electrons. The van der Waals surface area contributed by atoms with E-state index in [0.717, 1.165) is 12.2 Å². The van der Waals surface area contributed by atoms with E-state index in [1.165, 1.54) is 5.56 Å². The molecule has 0 spiro atoms. The first-order valence-electron chi connectivity index (χ1n) is 3.41. The van der Waals surface area contributed by atoms with Gasteiger partial charge in [-0.3, -0.25) is 0 Å². The Hall–Kier alpha value is -0.540. The van der Waals surface area contributed by atoms with Gasteiger partial charge in [-0.2, -0.15) is 4.89 Å². The van der Waals surface area contributed by atoms with Crippen LogP contribution < -0.4 is 4.89 Å². The second-order valence-corrected chi connectivity index (χ2v) is 3.42. The van der Waals surface area contributed by atoms with Crippen LogP contribution in [0.4, 0.5) is 0 Å². The summed E-state index contributed by atoms with van der Waals surface area (Å²) < 4.78 is 0. The fraction of sp³-hybridized carbons (Fsp3) is 0.250. The van der Waals surface area contributed by atoms with E-state index < -0.39 is 0 Å². The zero-order valence-corrected chi connectivity index (χ0v) is 7.37. The van der Waals surface area contributed by atoms with Crippen molar-refractivity contribution in [2.45, 2.75) is 11.4 Å². The molecule has 0 fully saturated rings. The van der Waals surface area contributed by atoms with Crippen molar-refractivity contribution in [3.05, 3.63) is 29.8 Å². The van der Waals surface area contributed by atoms with E-state index in [2.05, 4.69) is 15.9 Å². The van der Waals surface area contributed by atoms with Crippen LogP contribution in [0, 0.1) is 0 Å². The molecule has 3 heteroatoms. The van der Waals surface area contributed by atoms with E-state index in [0.29, 0.717) is 0 Å². The van der Waals surface area contributed by atoms with Crippen LogP contribution in [0.3, 0.4) is 0 Å². The Labute approximate surface area is 73.2 Å². The lowest BCUT2D eigenvalue weighted by atomic mass is 10.1. The molecule has 1 aliphatic heterocycles. The number of halogens is 1. The molecule has 0 aliphatic carbocycles. The maximum Gasteiger partial charge on any atom is 0.168 e. The lowest BCUT2D eigenvalue weighted by Crippen LogP contribution is -2.17. The summed E-state index contributed by atoms with van der Waals surface area (Å²) in [6.07, 6.45) is 0.857. The van der Waals surface area contributed by atoms with E-state index in [1.807, 2.05) is 24.3 Å². The molecule has 1 heterocycles. The minimum absolute atomic E-state index is 0.0163. The van der Waals surface area contributed by atoms with Crippen LogP contribution >= 0.6 is 15.9 Å². The Morgan fingerprint density at radius 1 is 1.36 bits per heavy atom. The molecule has 1 unspecified atom stereocenters. The maximum absolute atomic E-state index is 4.99. The van der Waals surface area contributed by atoms with E-state index in [4.69, 9.17) is 9.78 Å². The molecule has 0 aromatic heterocycles. The molecule has 2 nitrogen and oxygen atoms in total. The molecular weight excluding hydrogens is 208 g/mol. The number of alkyl halides is 1. The maximum atomic E-state index is 4.99. The average molecular weight is 215 g/mol. The van der Waals surface area contributed by atoms with E-state index >= 15 is 0 Å². The van der Waals surface area contributed by atoms with Crippen LogP contribution in [0.2, 0.25) is 0 Å². The Morgan fingerprint density at radius 3 is 3.09 bits per heavy atom. The summed E-state index contributed by atoms with van der Waals surface area (Å²) in [6.45, 7) is 0. The van der Waals surface area contributed by atoms with Gasteiger partial charge in [0, 0.05) is 12.0 Å². The van der Waals surface area contributed by atoms with Gasteiger partial charge in [0.05, 0.1) is 0 Å². The fourth-order valence-electron chi connectivity index (χ4n) is 1.06. The average Bonchev–Trinajstić information content (AvgIpc) is 2.04. The Morgan fingerprint density at radius 2 is 2.18 bits per heavy atom. The summed E-state index contributed by atoms with van der Waals surface area (Å²) in [5.74, 6) is 0.822. The molecule has 0 N–H and O–H groups in total. The highest BCUT2D eigenvalue weighted by Crippen LogP contribution is 2.27. The van der Waals surface area contributed by atoms with Crippen LogP contribution in [-0.4, -0.2) is 5.01 Å². The quantitative estimate of drug-likeness (QED) is 0.488. The van der Waals surface area contributed by atoms with Crippen LogP contribution in [0.15, 0.2) is 24.3 Å². The molecule has 2 rings (SSSR count). The van der Waals surface area contributed by atoms with Gasteiger partial charge in [0.25, 0.3) is 0 Å². The van der Waals surface area contributed by atoms with Gasteiger partial charge in [-0.05, 0) is 6.07 Å². The van der Waals surface area contributed by atoms with Crippen molar-refractivity contribution in [3.63, 3.8) is 0 Å². The summed E-state index contributed by atoms with van der Waals surface area (Å²) in [7, 11) is 0. The first-order valence-corrected chi connectivity index (χ1v) is 4.33. The van der Waals surface area contributed by atoms with Gasteiger partial charge in [-0.25, -0.2) is 0 Å². The van der Waals surface area contributed by atoms with Crippen molar-refractivity contribution in [1.29, 1.82) is 0 Å². The van der Waals surface area contributed by atoms with Crippen molar-refractivity contribution in [1.82, 2.24) is 0 Å². The highest BCUT2D eigenvalue weighted by atomic mass is 79.9. The summed E-state index contributed by atoms with van der Waals surface area (Å²) >= 11 is 3.31. The summed E-state index contributed by atoms with van der Waals surface area (Å²) in [4.78, 5) is 9.91. The summed E-state index contributed by atoms with van der Waals surface area (Å²) in [5.41, 5.74) is 1.18. The van der Waals surface area contributed by atoms with E-state index in [-0.39, 0.29) is 5.01 Å². The highest BCUT2D eigenvalue weighted by molar-refractivity contribution is 9.09. The minimum Gasteiger partial charge on any atom is -0.336 e. The molecule has 1 aromatic carbocycles. The Bertz CT molecular complexity index is 262. The number of hydrogen-bond donors (Lipinski definition) is 0. The zero-order chi connectivity index (χ0) is 7.68. The monoisotopic (exact) mass is 214 g/mol. The molecule has 0 saturated heterocycles. The van der Waals surface area contributed by atoms with Crippen molar-refractivity contribution in [3.8, 4) is 5.75 Å². The standard InChI is InChI=1S/C8H7BrO2/c9-8-5-6-3-1-2-4-7(6)10-11-8/h1-4,8H,5H2. The van der Waals surface area contributed by atoms with Crippen LogP contribution in [0.25, 0.3) is 0 Å². The molecule has 58 valence electrons. The Balaban J connectivity index is 2.34. The zero-order valence-electron chi connectivity index (χ0n) is 5.79. The van der Waals surface area contributed by atoms with Gasteiger partial charge in [0.2, 0.25) is 0 Å². The highest BCUT2D eigenvalue weighted by Gasteiger charge is 2.17. The van der Waals surface area contributed by atoms with Gasteiger partial charge in [-0.15, -0.1) is 0 Å². The van der Waals surface area contributed by atoms with Crippen molar-refractivity contribution in [2.75, 3.05) is 0 Å². The smallest absolute Gasteiger partial charge is 0.168 e. The lowest BCUT2D eigenvalue weighted by molar-refractivity contribution is -0.225. The number of benzene rings is 1. The third kappa shape index (κ3) is 1.39. The van der Waals surface area contributed by atoms with Gasteiger partial charge in [0.15, 0.2) is 10.8 Å². The largest absolute Gasteiger partial charge is 0.336 e. The number of para-hydroxylation sites is 1. The molecule has 1 atom stereocenters. The van der Waals surface area contributed by atoms with Crippen LogP contribution in [0.1, 0.15) is 5.56 Å². The second-order valence-electron chi connectivity index (χ2n) is 2.40. The minimum atomic E-state index is -0.0163. The summed E-state index contributed by atoms with van der Waals surface area (Å²) in [6, 6.07) is 7.85. The predicted octanol–water partition coefficient (Wildman–Crippen LogP) is 2.27. The third-order valence-corrected chi connectivity index (χ3v) is 2.07. The SMILES string of the molecule is BrC1Cc2ccccc2OO1. The predicted molar refractivity (Wildman–Crippen MR) is 44.6 cm³/mol. The van der Waals surface area contributed by atoms with Crippen molar-refractivity contribution in [2.24, 2.45) is 0 Å². The molecule has 11 heavy (non-hydrogen) atoms. The number of hydrogen-bond acceptors (Lipinski definition) is 2. The van der Waals surface area contributed by atoms with Crippen LogP contribution in [-0.2, 0) is 11.3 Å². The van der Waals surface area contributed by atoms with Gasteiger partial charge >= 0.3 is 0 Å². The molecule has 0 bridgehead atoms. The number of fused-ring (bicyclic) bond motifs is 1. The molecule has 1 aromatic rings. The van der Waals surface area contributed by atoms with Crippen LogP contribution in [0.5, 0.6) is 5.75 Å². The van der Waals surface area contributed by atoms with Gasteiger partial charge in [-0.1, -0.05) is 34.1 Å². The third-order valence-electron chi connectivity index (χ3n) is 1.60. The molecule has 1 aliphatic rings. The van der Waals surface area contributed by atoms with Crippen molar-refractivity contribution < 1.29 is 9.78 Å². The molecular formula is C8H7BrO2. The first kappa shape index (κ1) is 7.13. The fourth-order valence-corrected chi connectivity index (χ4v) is 1.49. The van der Waals surface area contributed by atoms with Crippen molar-refractivity contribution >= 4 is 15.9 Å². The topological polar surface area (TPSA) is 18.5 Å². The second kappa shape index (κ2) is 2.83. The molecule has 0 saturated carbocycles. The summed E-state index contributed by atoms with van der Waals surface area (Å²) in [5, 5.41) is -0.0163. The Kier molecular flexibility index (Phi) is 1.84. The first-order chi connectivity index (χ1) is 5.36. The van der Waals surface area contributed by atoms with Gasteiger partial charge in [0.1, 0.15) is 0 Å². The number of rotatable bonds is 0. The van der Waals surface area contributed by atoms with E-state index in [9.17, 15) is 0 Å². The lowest BCUT2D eigenvalue weighted by Gasteiger charge is -2.18.